The highest BCUT2D eigenvalue weighted by atomic mass is 35.5. The van der Waals surface area contributed by atoms with Crippen LogP contribution in [0.5, 0.6) is 0 Å². The largest absolute Gasteiger partial charge is 0.388 e. The van der Waals surface area contributed by atoms with E-state index in [1.54, 1.807) is 12.1 Å². The minimum absolute atomic E-state index is 0.462. The van der Waals surface area contributed by atoms with Gasteiger partial charge in [0.25, 0.3) is 0 Å². The molecule has 0 spiro atoms. The van der Waals surface area contributed by atoms with Crippen LogP contribution in [0.25, 0.3) is 0 Å². The molecule has 19 heavy (non-hydrogen) atoms. The number of aryl methyl sites for hydroxylation is 2. The van der Waals surface area contributed by atoms with E-state index in [-0.39, 0.29) is 0 Å². The second kappa shape index (κ2) is 5.76. The number of rotatable bonds is 4. The van der Waals surface area contributed by atoms with Crippen molar-refractivity contribution in [2.75, 3.05) is 0 Å². The van der Waals surface area contributed by atoms with Crippen molar-refractivity contribution in [3.05, 3.63) is 51.8 Å². The summed E-state index contributed by atoms with van der Waals surface area (Å²) in [5, 5.41) is 15.3. The van der Waals surface area contributed by atoms with Gasteiger partial charge in [-0.15, -0.1) is 0 Å². The lowest BCUT2D eigenvalue weighted by Crippen LogP contribution is -2.01. The van der Waals surface area contributed by atoms with Crippen LogP contribution in [0.15, 0.2) is 24.3 Å². The van der Waals surface area contributed by atoms with Gasteiger partial charge in [0, 0.05) is 17.8 Å². The quantitative estimate of drug-likeness (QED) is 0.931. The Morgan fingerprint density at radius 1 is 1.26 bits per heavy atom. The topological polar surface area (TPSA) is 38.0 Å². The Morgan fingerprint density at radius 2 is 1.89 bits per heavy atom. The first-order chi connectivity index (χ1) is 8.99. The molecule has 0 aliphatic rings. The van der Waals surface area contributed by atoms with Crippen LogP contribution in [0.4, 0.5) is 0 Å². The van der Waals surface area contributed by atoms with Crippen LogP contribution in [0.1, 0.15) is 35.0 Å². The number of hydrogen-bond acceptors (Lipinski definition) is 2. The molecule has 1 N–H and O–H groups in total. The zero-order chi connectivity index (χ0) is 14.0. The van der Waals surface area contributed by atoms with Gasteiger partial charge in [-0.2, -0.15) is 5.10 Å². The Balaban J connectivity index is 2.04. The molecule has 1 aromatic heterocycles. The Labute approximate surface area is 118 Å². The summed E-state index contributed by atoms with van der Waals surface area (Å²) in [6.45, 7) is 4.07. The number of nitrogens with zero attached hydrogens (tertiary/aromatic N) is 2. The summed E-state index contributed by atoms with van der Waals surface area (Å²) in [5.41, 5.74) is 4.35. The molecule has 4 heteroatoms. The molecule has 1 heterocycles. The second-order valence-electron chi connectivity index (χ2n) is 4.88. The highest BCUT2D eigenvalue weighted by Gasteiger charge is 2.13. The van der Waals surface area contributed by atoms with Crippen molar-refractivity contribution in [1.29, 1.82) is 0 Å². The third-order valence-corrected chi connectivity index (χ3v) is 3.83. The van der Waals surface area contributed by atoms with Crippen molar-refractivity contribution >= 4 is 11.6 Å². The van der Waals surface area contributed by atoms with Crippen LogP contribution in [0.3, 0.4) is 0 Å². The van der Waals surface area contributed by atoms with Crippen LogP contribution >= 0.6 is 11.6 Å². The summed E-state index contributed by atoms with van der Waals surface area (Å²) in [5.74, 6) is 0. The molecule has 0 amide bonds. The molecule has 2 rings (SSSR count). The number of halogens is 1. The van der Waals surface area contributed by atoms with E-state index in [2.05, 4.69) is 12.0 Å². The standard InChI is InChI=1S/C15H19ClN2O/c1-10-14(11(2)18(3)17-10)8-9-15(19)12-4-6-13(16)7-5-12/h4-7,15,19H,8-9H2,1-3H3. The highest BCUT2D eigenvalue weighted by Crippen LogP contribution is 2.23. The number of hydrogen-bond donors (Lipinski definition) is 1. The summed E-state index contributed by atoms with van der Waals surface area (Å²) in [6, 6.07) is 7.35. The zero-order valence-corrected chi connectivity index (χ0v) is 12.3. The fourth-order valence-corrected chi connectivity index (χ4v) is 2.44. The Hall–Kier alpha value is -1.32. The van der Waals surface area contributed by atoms with Gasteiger partial charge in [0.2, 0.25) is 0 Å². The molecule has 1 unspecified atom stereocenters. The molecule has 3 nitrogen and oxygen atoms in total. The normalized spacial score (nSPS) is 12.7. The maximum atomic E-state index is 10.2. The van der Waals surface area contributed by atoms with Gasteiger partial charge in [-0.05, 0) is 49.9 Å². The molecule has 0 saturated heterocycles. The van der Waals surface area contributed by atoms with Crippen molar-refractivity contribution in [2.45, 2.75) is 32.8 Å². The van der Waals surface area contributed by atoms with Crippen molar-refractivity contribution in [2.24, 2.45) is 7.05 Å². The average Bonchev–Trinajstić information content (AvgIpc) is 2.62. The molecular weight excluding hydrogens is 260 g/mol. The molecule has 0 fully saturated rings. The van der Waals surface area contributed by atoms with Crippen LogP contribution in [-0.2, 0) is 13.5 Å². The average molecular weight is 279 g/mol. The van der Waals surface area contributed by atoms with Crippen molar-refractivity contribution in [3.63, 3.8) is 0 Å². The third-order valence-electron chi connectivity index (χ3n) is 3.58. The van der Waals surface area contributed by atoms with Gasteiger partial charge in [-0.3, -0.25) is 4.68 Å². The van der Waals surface area contributed by atoms with E-state index in [9.17, 15) is 5.11 Å². The van der Waals surface area contributed by atoms with Crippen molar-refractivity contribution < 1.29 is 5.11 Å². The van der Waals surface area contributed by atoms with Gasteiger partial charge < -0.3 is 5.11 Å². The molecular formula is C15H19ClN2O. The highest BCUT2D eigenvalue weighted by molar-refractivity contribution is 6.30. The maximum Gasteiger partial charge on any atom is 0.0793 e. The van der Waals surface area contributed by atoms with Crippen molar-refractivity contribution in [1.82, 2.24) is 9.78 Å². The lowest BCUT2D eigenvalue weighted by Gasteiger charge is -2.11. The minimum atomic E-state index is -0.462. The van der Waals surface area contributed by atoms with Crippen LogP contribution in [0, 0.1) is 13.8 Å². The lowest BCUT2D eigenvalue weighted by atomic mass is 10.0. The lowest BCUT2D eigenvalue weighted by molar-refractivity contribution is 0.167. The SMILES string of the molecule is Cc1nn(C)c(C)c1CCC(O)c1ccc(Cl)cc1. The molecule has 1 aromatic carbocycles. The minimum Gasteiger partial charge on any atom is -0.388 e. The summed E-state index contributed by atoms with van der Waals surface area (Å²) < 4.78 is 1.89. The molecule has 0 bridgehead atoms. The molecule has 1 atom stereocenters. The van der Waals surface area contributed by atoms with E-state index in [0.717, 1.165) is 17.7 Å². The Kier molecular flexibility index (Phi) is 4.27. The molecule has 0 radical (unpaired) electrons. The molecule has 0 aliphatic carbocycles. The first kappa shape index (κ1) is 14.1. The predicted molar refractivity (Wildman–Crippen MR) is 77.4 cm³/mol. The van der Waals surface area contributed by atoms with Gasteiger partial charge in [0.1, 0.15) is 0 Å². The zero-order valence-electron chi connectivity index (χ0n) is 11.5. The smallest absolute Gasteiger partial charge is 0.0793 e. The maximum absolute atomic E-state index is 10.2. The first-order valence-corrected chi connectivity index (χ1v) is 6.79. The number of aliphatic hydroxyl groups excluding tert-OH is 1. The van der Waals surface area contributed by atoms with Crippen LogP contribution < -0.4 is 0 Å². The molecule has 2 aromatic rings. The van der Waals surface area contributed by atoms with Gasteiger partial charge in [0.05, 0.1) is 11.8 Å². The summed E-state index contributed by atoms with van der Waals surface area (Å²) in [6.07, 6.45) is 1.06. The van der Waals surface area contributed by atoms with E-state index in [1.807, 2.05) is 30.8 Å². The van der Waals surface area contributed by atoms with Gasteiger partial charge >= 0.3 is 0 Å². The fraction of sp³-hybridized carbons (Fsp3) is 0.400. The fourth-order valence-electron chi connectivity index (χ4n) is 2.31. The summed E-state index contributed by atoms with van der Waals surface area (Å²) in [7, 11) is 1.95. The summed E-state index contributed by atoms with van der Waals surface area (Å²) in [4.78, 5) is 0. The number of aliphatic hydroxyl groups is 1. The van der Waals surface area contributed by atoms with E-state index in [0.29, 0.717) is 11.4 Å². The Bertz CT molecular complexity index is 560. The van der Waals surface area contributed by atoms with Crippen molar-refractivity contribution in [3.8, 4) is 0 Å². The third kappa shape index (κ3) is 3.17. The first-order valence-electron chi connectivity index (χ1n) is 6.41. The summed E-state index contributed by atoms with van der Waals surface area (Å²) >= 11 is 5.84. The number of aromatic nitrogens is 2. The Morgan fingerprint density at radius 3 is 2.42 bits per heavy atom. The molecule has 0 saturated carbocycles. The second-order valence-corrected chi connectivity index (χ2v) is 5.32. The van der Waals surface area contributed by atoms with E-state index in [1.165, 1.54) is 11.3 Å². The van der Waals surface area contributed by atoms with Crippen LogP contribution in [0.2, 0.25) is 5.02 Å². The monoisotopic (exact) mass is 278 g/mol. The number of benzene rings is 1. The van der Waals surface area contributed by atoms with E-state index in [4.69, 9.17) is 11.6 Å². The van der Waals surface area contributed by atoms with Gasteiger partial charge in [-0.1, -0.05) is 23.7 Å². The van der Waals surface area contributed by atoms with E-state index >= 15 is 0 Å². The molecule has 0 aliphatic heterocycles. The van der Waals surface area contributed by atoms with E-state index < -0.39 is 6.10 Å². The molecule has 102 valence electrons. The predicted octanol–water partition coefficient (Wildman–Crippen LogP) is 3.36. The van der Waals surface area contributed by atoms with Crippen LogP contribution in [-0.4, -0.2) is 14.9 Å². The van der Waals surface area contributed by atoms with Gasteiger partial charge in [-0.25, -0.2) is 0 Å². The van der Waals surface area contributed by atoms with Gasteiger partial charge in [0.15, 0.2) is 0 Å².